The summed E-state index contributed by atoms with van der Waals surface area (Å²) in [6.07, 6.45) is 5.31. The first-order valence-electron chi connectivity index (χ1n) is 7.64. The normalized spacial score (nSPS) is 12.3. The number of fused-ring (bicyclic) bond motifs is 1. The van der Waals surface area contributed by atoms with Gasteiger partial charge in [-0.05, 0) is 43.2 Å². The van der Waals surface area contributed by atoms with E-state index in [1.807, 2.05) is 62.0 Å². The van der Waals surface area contributed by atoms with Crippen molar-refractivity contribution in [2.45, 2.75) is 26.4 Å². The van der Waals surface area contributed by atoms with Crippen molar-refractivity contribution in [2.24, 2.45) is 0 Å². The van der Waals surface area contributed by atoms with Gasteiger partial charge in [-0.1, -0.05) is 12.1 Å². The predicted octanol–water partition coefficient (Wildman–Crippen LogP) is 2.96. The molecular weight excluding hydrogens is 288 g/mol. The summed E-state index contributed by atoms with van der Waals surface area (Å²) >= 11 is 0. The number of hydrogen-bond donors (Lipinski definition) is 0. The average Bonchev–Trinajstić information content (AvgIpc) is 2.99. The minimum atomic E-state index is -0.297. The number of rotatable bonds is 4. The standard InChI is InChI=1S/C18H20N4O/c1-13-10-19-9-8-15(13)11-21(3)18(23)14(2)22-12-20-16-6-4-5-7-17(16)22/h4-10,12,14H,11H2,1-3H3/t14-/m0/s1. The van der Waals surface area contributed by atoms with E-state index in [-0.39, 0.29) is 11.9 Å². The lowest BCUT2D eigenvalue weighted by atomic mass is 10.1. The largest absolute Gasteiger partial charge is 0.340 e. The molecule has 0 aliphatic carbocycles. The van der Waals surface area contributed by atoms with Gasteiger partial charge in [0.2, 0.25) is 5.91 Å². The second-order valence-corrected chi connectivity index (χ2v) is 5.81. The molecule has 3 rings (SSSR count). The van der Waals surface area contributed by atoms with Crippen molar-refractivity contribution in [3.05, 3.63) is 60.2 Å². The summed E-state index contributed by atoms with van der Waals surface area (Å²) in [4.78, 5) is 23.0. The molecule has 0 bridgehead atoms. The van der Waals surface area contributed by atoms with Crippen LogP contribution in [0.2, 0.25) is 0 Å². The number of likely N-dealkylation sites (N-methyl/N-ethyl adjacent to an activating group) is 1. The predicted molar refractivity (Wildman–Crippen MR) is 89.9 cm³/mol. The zero-order valence-corrected chi connectivity index (χ0v) is 13.6. The number of aromatic nitrogens is 3. The second kappa shape index (κ2) is 6.20. The molecule has 0 N–H and O–H groups in total. The number of pyridine rings is 1. The summed E-state index contributed by atoms with van der Waals surface area (Å²) in [5.41, 5.74) is 4.08. The number of hydrogen-bond acceptors (Lipinski definition) is 3. The van der Waals surface area contributed by atoms with E-state index in [4.69, 9.17) is 0 Å². The van der Waals surface area contributed by atoms with Crippen LogP contribution in [0.4, 0.5) is 0 Å². The van der Waals surface area contributed by atoms with Crippen LogP contribution < -0.4 is 0 Å². The highest BCUT2D eigenvalue weighted by Gasteiger charge is 2.21. The number of para-hydroxylation sites is 2. The minimum Gasteiger partial charge on any atom is -0.340 e. The molecule has 2 aromatic heterocycles. The molecule has 0 fully saturated rings. The smallest absolute Gasteiger partial charge is 0.245 e. The summed E-state index contributed by atoms with van der Waals surface area (Å²) in [6, 6.07) is 9.50. The van der Waals surface area contributed by atoms with Crippen molar-refractivity contribution in [3.63, 3.8) is 0 Å². The Labute approximate surface area is 135 Å². The third-order valence-corrected chi connectivity index (χ3v) is 4.18. The van der Waals surface area contributed by atoms with Crippen LogP contribution in [0.1, 0.15) is 24.1 Å². The number of carbonyl (C=O) groups excluding carboxylic acids is 1. The van der Waals surface area contributed by atoms with Gasteiger partial charge in [0.15, 0.2) is 0 Å². The summed E-state index contributed by atoms with van der Waals surface area (Å²) in [5.74, 6) is 0.0596. The Morgan fingerprint density at radius 3 is 2.87 bits per heavy atom. The molecule has 2 heterocycles. The Morgan fingerprint density at radius 1 is 1.30 bits per heavy atom. The third-order valence-electron chi connectivity index (χ3n) is 4.18. The summed E-state index contributed by atoms with van der Waals surface area (Å²) in [6.45, 7) is 4.49. The van der Waals surface area contributed by atoms with Crippen molar-refractivity contribution in [2.75, 3.05) is 7.05 Å². The summed E-state index contributed by atoms with van der Waals surface area (Å²) in [7, 11) is 1.83. The first-order valence-corrected chi connectivity index (χ1v) is 7.64. The first kappa shape index (κ1) is 15.2. The van der Waals surface area contributed by atoms with Gasteiger partial charge in [0.05, 0.1) is 17.4 Å². The Hall–Kier alpha value is -2.69. The van der Waals surface area contributed by atoms with Crippen LogP contribution in [-0.4, -0.2) is 32.4 Å². The van der Waals surface area contributed by atoms with Gasteiger partial charge in [-0.2, -0.15) is 0 Å². The first-order chi connectivity index (χ1) is 11.1. The van der Waals surface area contributed by atoms with Gasteiger partial charge < -0.3 is 9.47 Å². The lowest BCUT2D eigenvalue weighted by Crippen LogP contribution is -2.32. The highest BCUT2D eigenvalue weighted by atomic mass is 16.2. The van der Waals surface area contributed by atoms with Crippen molar-refractivity contribution in [1.29, 1.82) is 0 Å². The minimum absolute atomic E-state index is 0.0596. The zero-order chi connectivity index (χ0) is 16.4. The van der Waals surface area contributed by atoms with Crippen LogP contribution in [0.3, 0.4) is 0 Å². The topological polar surface area (TPSA) is 51.0 Å². The zero-order valence-electron chi connectivity index (χ0n) is 13.6. The molecule has 0 saturated heterocycles. The van der Waals surface area contributed by atoms with E-state index in [0.717, 1.165) is 22.2 Å². The molecule has 1 amide bonds. The van der Waals surface area contributed by atoms with E-state index in [1.165, 1.54) is 0 Å². The Morgan fingerprint density at radius 2 is 2.09 bits per heavy atom. The SMILES string of the molecule is Cc1cnccc1CN(C)C(=O)[C@H](C)n1cnc2ccccc21. The molecule has 1 aromatic carbocycles. The fraction of sp³-hybridized carbons (Fsp3) is 0.278. The lowest BCUT2D eigenvalue weighted by molar-refractivity contribution is -0.133. The van der Waals surface area contributed by atoms with Gasteiger partial charge in [0, 0.05) is 26.0 Å². The maximum absolute atomic E-state index is 12.8. The van der Waals surface area contributed by atoms with Crippen LogP contribution in [-0.2, 0) is 11.3 Å². The maximum atomic E-state index is 12.8. The van der Waals surface area contributed by atoms with E-state index < -0.39 is 0 Å². The quantitative estimate of drug-likeness (QED) is 0.744. The van der Waals surface area contributed by atoms with Gasteiger partial charge in [0.1, 0.15) is 6.04 Å². The molecule has 0 unspecified atom stereocenters. The molecule has 0 spiro atoms. The third kappa shape index (κ3) is 2.95. The molecule has 118 valence electrons. The molecule has 0 radical (unpaired) electrons. The van der Waals surface area contributed by atoms with Crippen LogP contribution >= 0.6 is 0 Å². The van der Waals surface area contributed by atoms with Gasteiger partial charge >= 0.3 is 0 Å². The van der Waals surface area contributed by atoms with E-state index in [9.17, 15) is 4.79 Å². The second-order valence-electron chi connectivity index (χ2n) is 5.81. The van der Waals surface area contributed by atoms with Gasteiger partial charge in [-0.25, -0.2) is 4.98 Å². The highest BCUT2D eigenvalue weighted by molar-refractivity contribution is 5.83. The fourth-order valence-corrected chi connectivity index (χ4v) is 2.74. The highest BCUT2D eigenvalue weighted by Crippen LogP contribution is 2.19. The average molecular weight is 308 g/mol. The van der Waals surface area contributed by atoms with Crippen molar-refractivity contribution in [1.82, 2.24) is 19.4 Å². The van der Waals surface area contributed by atoms with Gasteiger partial charge in [-0.15, -0.1) is 0 Å². The number of nitrogens with zero attached hydrogens (tertiary/aromatic N) is 4. The van der Waals surface area contributed by atoms with Crippen molar-refractivity contribution >= 4 is 16.9 Å². The Kier molecular flexibility index (Phi) is 4.10. The van der Waals surface area contributed by atoms with Crippen molar-refractivity contribution < 1.29 is 4.79 Å². The van der Waals surface area contributed by atoms with Crippen LogP contribution in [0.5, 0.6) is 0 Å². The molecule has 5 nitrogen and oxygen atoms in total. The number of imidazole rings is 1. The van der Waals surface area contributed by atoms with E-state index in [0.29, 0.717) is 6.54 Å². The monoisotopic (exact) mass is 308 g/mol. The molecular formula is C18H20N4O. The van der Waals surface area contributed by atoms with Crippen molar-refractivity contribution in [3.8, 4) is 0 Å². The molecule has 23 heavy (non-hydrogen) atoms. The number of amides is 1. The fourth-order valence-electron chi connectivity index (χ4n) is 2.74. The van der Waals surface area contributed by atoms with Crippen LogP contribution in [0.25, 0.3) is 11.0 Å². The number of benzene rings is 1. The molecule has 3 aromatic rings. The van der Waals surface area contributed by atoms with E-state index in [2.05, 4.69) is 9.97 Å². The van der Waals surface area contributed by atoms with E-state index in [1.54, 1.807) is 17.4 Å². The summed E-state index contributed by atoms with van der Waals surface area (Å²) in [5, 5.41) is 0. The molecule has 0 aliphatic rings. The van der Waals surface area contributed by atoms with Crippen LogP contribution in [0.15, 0.2) is 49.1 Å². The van der Waals surface area contributed by atoms with Gasteiger partial charge in [0.25, 0.3) is 0 Å². The lowest BCUT2D eigenvalue weighted by Gasteiger charge is -2.23. The molecule has 0 aliphatic heterocycles. The van der Waals surface area contributed by atoms with Gasteiger partial charge in [-0.3, -0.25) is 9.78 Å². The Bertz CT molecular complexity index is 840. The maximum Gasteiger partial charge on any atom is 0.245 e. The number of carbonyl (C=O) groups is 1. The molecule has 0 saturated carbocycles. The molecule has 1 atom stereocenters. The summed E-state index contributed by atoms with van der Waals surface area (Å²) < 4.78 is 1.92. The van der Waals surface area contributed by atoms with Crippen LogP contribution in [0, 0.1) is 6.92 Å². The molecule has 5 heteroatoms. The number of aryl methyl sites for hydroxylation is 1. The Balaban J connectivity index is 1.80. The van der Waals surface area contributed by atoms with E-state index >= 15 is 0 Å².